The van der Waals surface area contributed by atoms with Gasteiger partial charge in [0.25, 0.3) is 0 Å². The number of rotatable bonds is 4. The Hall–Kier alpha value is -1.30. The van der Waals surface area contributed by atoms with Crippen molar-refractivity contribution in [3.8, 4) is 11.5 Å². The van der Waals surface area contributed by atoms with Gasteiger partial charge >= 0.3 is 0 Å². The zero-order chi connectivity index (χ0) is 10.6. The predicted octanol–water partition coefficient (Wildman–Crippen LogP) is 0.124. The highest BCUT2D eigenvalue weighted by molar-refractivity contribution is 5.43. The highest BCUT2D eigenvalue weighted by Crippen LogP contribution is 2.28. The highest BCUT2D eigenvalue weighted by Gasteiger charge is 2.08. The summed E-state index contributed by atoms with van der Waals surface area (Å²) in [6.07, 6.45) is -0.408. The van der Waals surface area contributed by atoms with E-state index in [0.717, 1.165) is 5.56 Å². The molecule has 1 unspecified atom stereocenters. The van der Waals surface area contributed by atoms with E-state index in [0.29, 0.717) is 11.5 Å². The lowest BCUT2D eigenvalue weighted by Gasteiger charge is -2.13. The summed E-state index contributed by atoms with van der Waals surface area (Å²) in [5.41, 5.74) is 8.97. The Morgan fingerprint density at radius 3 is 2.36 bits per heavy atom. The molecule has 1 aromatic rings. The molecule has 5 nitrogen and oxygen atoms in total. The van der Waals surface area contributed by atoms with Crippen LogP contribution in [-0.2, 0) is 0 Å². The zero-order valence-corrected chi connectivity index (χ0v) is 8.28. The second-order valence-electron chi connectivity index (χ2n) is 2.76. The van der Waals surface area contributed by atoms with Crippen LogP contribution in [0.1, 0.15) is 11.7 Å². The molecule has 0 aliphatic carbocycles. The summed E-state index contributed by atoms with van der Waals surface area (Å²) >= 11 is 0. The molecule has 0 saturated heterocycles. The molecule has 0 radical (unpaired) electrons. The fraction of sp³-hybridized carbons (Fsp3) is 0.333. The van der Waals surface area contributed by atoms with E-state index in [1.165, 1.54) is 0 Å². The SMILES string of the molecule is COc1ccc(C(N)NN)cc1OC. The van der Waals surface area contributed by atoms with Crippen molar-refractivity contribution in [2.75, 3.05) is 14.2 Å². The maximum absolute atomic E-state index is 5.68. The quantitative estimate of drug-likeness (QED) is 0.363. The van der Waals surface area contributed by atoms with Crippen LogP contribution in [0.4, 0.5) is 0 Å². The Morgan fingerprint density at radius 1 is 1.21 bits per heavy atom. The molecular formula is C9H15N3O2. The number of nitrogens with two attached hydrogens (primary N) is 2. The summed E-state index contributed by atoms with van der Waals surface area (Å²) in [5.74, 6) is 6.52. The molecule has 0 heterocycles. The van der Waals surface area contributed by atoms with Crippen molar-refractivity contribution < 1.29 is 9.47 Å². The monoisotopic (exact) mass is 197 g/mol. The van der Waals surface area contributed by atoms with Gasteiger partial charge in [0.2, 0.25) is 0 Å². The number of hydrogen-bond acceptors (Lipinski definition) is 5. The third kappa shape index (κ3) is 2.14. The van der Waals surface area contributed by atoms with Crippen LogP contribution in [0.15, 0.2) is 18.2 Å². The first kappa shape index (κ1) is 10.8. The smallest absolute Gasteiger partial charge is 0.161 e. The van der Waals surface area contributed by atoms with Crippen LogP contribution in [0.3, 0.4) is 0 Å². The number of methoxy groups -OCH3 is 2. The Balaban J connectivity index is 3.01. The minimum Gasteiger partial charge on any atom is -0.493 e. The van der Waals surface area contributed by atoms with Gasteiger partial charge in [-0.1, -0.05) is 6.07 Å². The van der Waals surface area contributed by atoms with Gasteiger partial charge in [-0.3, -0.25) is 5.84 Å². The molecule has 1 atom stereocenters. The molecule has 5 heteroatoms. The first-order valence-electron chi connectivity index (χ1n) is 4.16. The van der Waals surface area contributed by atoms with Crippen molar-refractivity contribution >= 4 is 0 Å². The summed E-state index contributed by atoms with van der Waals surface area (Å²) in [7, 11) is 3.15. The van der Waals surface area contributed by atoms with Crippen LogP contribution in [0.2, 0.25) is 0 Å². The van der Waals surface area contributed by atoms with Gasteiger partial charge in [-0.15, -0.1) is 0 Å². The average Bonchev–Trinajstić information content (AvgIpc) is 2.26. The summed E-state index contributed by atoms with van der Waals surface area (Å²) < 4.78 is 10.2. The van der Waals surface area contributed by atoms with Gasteiger partial charge in [0.05, 0.1) is 20.4 Å². The summed E-state index contributed by atoms with van der Waals surface area (Å²) in [6.45, 7) is 0. The van der Waals surface area contributed by atoms with Crippen molar-refractivity contribution in [3.05, 3.63) is 23.8 Å². The number of hydrazine groups is 1. The van der Waals surface area contributed by atoms with Crippen LogP contribution in [-0.4, -0.2) is 14.2 Å². The Morgan fingerprint density at radius 2 is 1.86 bits per heavy atom. The molecule has 5 N–H and O–H groups in total. The van der Waals surface area contributed by atoms with E-state index in [9.17, 15) is 0 Å². The second kappa shape index (κ2) is 4.80. The number of benzene rings is 1. The Bertz CT molecular complexity index is 304. The maximum atomic E-state index is 5.68. The molecule has 1 aromatic carbocycles. The molecule has 14 heavy (non-hydrogen) atoms. The molecule has 0 aliphatic heterocycles. The van der Waals surface area contributed by atoms with Crippen LogP contribution >= 0.6 is 0 Å². The standard InChI is InChI=1S/C9H15N3O2/c1-13-7-4-3-6(9(10)12-11)5-8(7)14-2/h3-5,9,12H,10-11H2,1-2H3. The van der Waals surface area contributed by atoms with Crippen molar-refractivity contribution in [2.24, 2.45) is 11.6 Å². The van der Waals surface area contributed by atoms with Gasteiger partial charge < -0.3 is 15.2 Å². The third-order valence-electron chi connectivity index (χ3n) is 1.95. The molecule has 0 bridgehead atoms. The largest absolute Gasteiger partial charge is 0.493 e. The third-order valence-corrected chi connectivity index (χ3v) is 1.95. The summed E-state index contributed by atoms with van der Waals surface area (Å²) in [4.78, 5) is 0. The van der Waals surface area contributed by atoms with Crippen molar-refractivity contribution in [3.63, 3.8) is 0 Å². The zero-order valence-electron chi connectivity index (χ0n) is 8.28. The minimum absolute atomic E-state index is 0.408. The molecule has 0 aliphatic rings. The van der Waals surface area contributed by atoms with E-state index < -0.39 is 6.17 Å². The summed E-state index contributed by atoms with van der Waals surface area (Å²) in [5, 5.41) is 0. The molecule has 0 amide bonds. The molecule has 0 fully saturated rings. The summed E-state index contributed by atoms with van der Waals surface area (Å²) in [6, 6.07) is 5.39. The van der Waals surface area contributed by atoms with Gasteiger partial charge in [-0.25, -0.2) is 5.43 Å². The highest BCUT2D eigenvalue weighted by atomic mass is 16.5. The van der Waals surface area contributed by atoms with Gasteiger partial charge in [0, 0.05) is 0 Å². The van der Waals surface area contributed by atoms with Crippen molar-refractivity contribution in [1.29, 1.82) is 0 Å². The van der Waals surface area contributed by atoms with Crippen LogP contribution in [0.5, 0.6) is 11.5 Å². The normalized spacial score (nSPS) is 12.3. The van der Waals surface area contributed by atoms with Gasteiger partial charge in [0.1, 0.15) is 0 Å². The van der Waals surface area contributed by atoms with E-state index in [2.05, 4.69) is 5.43 Å². The average molecular weight is 197 g/mol. The molecular weight excluding hydrogens is 182 g/mol. The molecule has 0 aromatic heterocycles. The number of hydrogen-bond donors (Lipinski definition) is 3. The van der Waals surface area contributed by atoms with Crippen molar-refractivity contribution in [1.82, 2.24) is 5.43 Å². The lowest BCUT2D eigenvalue weighted by molar-refractivity contribution is 0.354. The fourth-order valence-corrected chi connectivity index (χ4v) is 1.14. The van der Waals surface area contributed by atoms with Crippen molar-refractivity contribution in [2.45, 2.75) is 6.17 Å². The topological polar surface area (TPSA) is 82.5 Å². The first-order chi connectivity index (χ1) is 6.72. The van der Waals surface area contributed by atoms with Gasteiger partial charge in [-0.05, 0) is 17.7 Å². The molecule has 78 valence electrons. The molecule has 0 spiro atoms. The van der Waals surface area contributed by atoms with Crippen LogP contribution in [0, 0.1) is 0 Å². The van der Waals surface area contributed by atoms with Crippen LogP contribution < -0.4 is 26.5 Å². The fourth-order valence-electron chi connectivity index (χ4n) is 1.14. The lowest BCUT2D eigenvalue weighted by Crippen LogP contribution is -2.34. The molecule has 1 rings (SSSR count). The lowest BCUT2D eigenvalue weighted by atomic mass is 10.1. The van der Waals surface area contributed by atoms with E-state index >= 15 is 0 Å². The number of nitrogens with one attached hydrogen (secondary N) is 1. The number of ether oxygens (including phenoxy) is 2. The molecule has 0 saturated carbocycles. The van der Waals surface area contributed by atoms with E-state index in [1.807, 2.05) is 6.07 Å². The van der Waals surface area contributed by atoms with E-state index in [-0.39, 0.29) is 0 Å². The second-order valence-corrected chi connectivity index (χ2v) is 2.76. The van der Waals surface area contributed by atoms with Gasteiger partial charge in [-0.2, -0.15) is 0 Å². The van der Waals surface area contributed by atoms with Crippen LogP contribution in [0.25, 0.3) is 0 Å². The Kier molecular flexibility index (Phi) is 3.70. The van der Waals surface area contributed by atoms with Gasteiger partial charge in [0.15, 0.2) is 11.5 Å². The van der Waals surface area contributed by atoms with E-state index in [4.69, 9.17) is 21.1 Å². The van der Waals surface area contributed by atoms with E-state index in [1.54, 1.807) is 26.4 Å². The minimum atomic E-state index is -0.408. The predicted molar refractivity (Wildman–Crippen MR) is 53.8 cm³/mol. The first-order valence-corrected chi connectivity index (χ1v) is 4.16. The maximum Gasteiger partial charge on any atom is 0.161 e. The Labute approximate surface area is 83.0 Å².